The van der Waals surface area contributed by atoms with Crippen LogP contribution < -0.4 is 16.4 Å². The fourth-order valence-corrected chi connectivity index (χ4v) is 1.54. The van der Waals surface area contributed by atoms with Crippen molar-refractivity contribution >= 4 is 11.6 Å². The zero-order valence-corrected chi connectivity index (χ0v) is 12.5. The number of aromatic nitrogens is 2. The van der Waals surface area contributed by atoms with Gasteiger partial charge in [0.25, 0.3) is 0 Å². The first kappa shape index (κ1) is 15.7. The van der Waals surface area contributed by atoms with Crippen LogP contribution in [0.3, 0.4) is 0 Å². The Morgan fingerprint density at radius 2 is 1.74 bits per heavy atom. The molecule has 0 aliphatic rings. The minimum Gasteiger partial charge on any atom is -0.370 e. The molecule has 0 aliphatic heterocycles. The summed E-state index contributed by atoms with van der Waals surface area (Å²) in [6, 6.07) is 2.14. The van der Waals surface area contributed by atoms with Crippen LogP contribution in [0.4, 0.5) is 11.6 Å². The van der Waals surface area contributed by atoms with Gasteiger partial charge in [-0.05, 0) is 25.2 Å². The zero-order valence-electron chi connectivity index (χ0n) is 12.5. The van der Waals surface area contributed by atoms with Gasteiger partial charge in [0.05, 0.1) is 0 Å². The Labute approximate surface area is 116 Å². The molecule has 1 heterocycles. The molecule has 0 aromatic carbocycles. The standard InChI is InChI=1S/C14H27N5/c1-11(15)5-7-16-12-9-13(19-10-18-12)17-8-6-14(2,3)4/h9-11H,5-8,15H2,1-4H3,(H2,16,17,18,19). The molecule has 0 saturated carbocycles. The molecule has 1 rings (SSSR count). The normalized spacial score (nSPS) is 13.1. The van der Waals surface area contributed by atoms with Gasteiger partial charge in [-0.15, -0.1) is 0 Å². The zero-order chi connectivity index (χ0) is 14.3. The molecule has 0 amide bonds. The molecule has 1 aromatic rings. The van der Waals surface area contributed by atoms with Gasteiger partial charge in [-0.3, -0.25) is 0 Å². The highest BCUT2D eigenvalue weighted by atomic mass is 15.1. The van der Waals surface area contributed by atoms with Crippen molar-refractivity contribution in [2.75, 3.05) is 23.7 Å². The Morgan fingerprint density at radius 3 is 2.26 bits per heavy atom. The average molecular weight is 265 g/mol. The second-order valence-electron chi connectivity index (χ2n) is 6.22. The van der Waals surface area contributed by atoms with Crippen LogP contribution in [0.1, 0.15) is 40.5 Å². The van der Waals surface area contributed by atoms with Gasteiger partial charge >= 0.3 is 0 Å². The van der Waals surface area contributed by atoms with E-state index in [9.17, 15) is 0 Å². The molecule has 1 atom stereocenters. The fraction of sp³-hybridized carbons (Fsp3) is 0.714. The third-order valence-electron chi connectivity index (χ3n) is 2.75. The number of hydrogen-bond acceptors (Lipinski definition) is 5. The highest BCUT2D eigenvalue weighted by molar-refractivity contribution is 5.46. The van der Waals surface area contributed by atoms with E-state index in [1.165, 1.54) is 0 Å². The van der Waals surface area contributed by atoms with Crippen LogP contribution in [-0.2, 0) is 0 Å². The van der Waals surface area contributed by atoms with E-state index in [-0.39, 0.29) is 6.04 Å². The van der Waals surface area contributed by atoms with Gasteiger partial charge in [0.15, 0.2) is 0 Å². The summed E-state index contributed by atoms with van der Waals surface area (Å²) in [7, 11) is 0. The number of hydrogen-bond donors (Lipinski definition) is 3. The quantitative estimate of drug-likeness (QED) is 0.706. The number of rotatable bonds is 7. The fourth-order valence-electron chi connectivity index (χ4n) is 1.54. The van der Waals surface area contributed by atoms with Gasteiger partial charge in [0.2, 0.25) is 0 Å². The van der Waals surface area contributed by atoms with Crippen molar-refractivity contribution in [2.45, 2.75) is 46.6 Å². The van der Waals surface area contributed by atoms with E-state index < -0.39 is 0 Å². The van der Waals surface area contributed by atoms with Gasteiger partial charge in [-0.2, -0.15) is 0 Å². The second kappa shape index (κ2) is 7.28. The van der Waals surface area contributed by atoms with E-state index in [4.69, 9.17) is 5.73 Å². The lowest BCUT2D eigenvalue weighted by atomic mass is 9.92. The lowest BCUT2D eigenvalue weighted by Gasteiger charge is -2.18. The lowest BCUT2D eigenvalue weighted by molar-refractivity contribution is 0.389. The molecule has 0 spiro atoms. The highest BCUT2D eigenvalue weighted by Gasteiger charge is 2.09. The molecule has 4 N–H and O–H groups in total. The lowest BCUT2D eigenvalue weighted by Crippen LogP contribution is -2.19. The monoisotopic (exact) mass is 265 g/mol. The van der Waals surface area contributed by atoms with Crippen molar-refractivity contribution in [3.05, 3.63) is 12.4 Å². The first-order chi connectivity index (χ1) is 8.87. The van der Waals surface area contributed by atoms with E-state index in [2.05, 4.69) is 41.4 Å². The molecule has 108 valence electrons. The molecule has 0 bridgehead atoms. The van der Waals surface area contributed by atoms with Crippen LogP contribution >= 0.6 is 0 Å². The number of nitrogens with zero attached hydrogens (tertiary/aromatic N) is 2. The molecule has 0 saturated heterocycles. The molecule has 0 radical (unpaired) electrons. The van der Waals surface area contributed by atoms with Crippen molar-refractivity contribution in [3.8, 4) is 0 Å². The third-order valence-corrected chi connectivity index (χ3v) is 2.75. The summed E-state index contributed by atoms with van der Waals surface area (Å²) in [5, 5.41) is 6.58. The Hall–Kier alpha value is -1.36. The van der Waals surface area contributed by atoms with E-state index in [1.54, 1.807) is 6.33 Å². The maximum atomic E-state index is 5.71. The maximum Gasteiger partial charge on any atom is 0.131 e. The number of nitrogens with two attached hydrogens (primary N) is 1. The molecule has 5 heteroatoms. The minimum absolute atomic E-state index is 0.207. The van der Waals surface area contributed by atoms with Gasteiger partial charge in [-0.25, -0.2) is 9.97 Å². The molecule has 1 unspecified atom stereocenters. The maximum absolute atomic E-state index is 5.71. The van der Waals surface area contributed by atoms with E-state index >= 15 is 0 Å². The Kier molecular flexibility index (Phi) is 6.02. The predicted molar refractivity (Wildman–Crippen MR) is 81.3 cm³/mol. The number of anilines is 2. The van der Waals surface area contributed by atoms with Crippen molar-refractivity contribution < 1.29 is 0 Å². The molecule has 5 nitrogen and oxygen atoms in total. The molecule has 0 fully saturated rings. The van der Waals surface area contributed by atoms with Crippen LogP contribution in [-0.4, -0.2) is 29.1 Å². The average Bonchev–Trinajstić information content (AvgIpc) is 2.27. The van der Waals surface area contributed by atoms with E-state index in [1.807, 2.05) is 13.0 Å². The Balaban J connectivity index is 2.39. The van der Waals surface area contributed by atoms with Crippen LogP contribution in [0.2, 0.25) is 0 Å². The Bertz CT molecular complexity index is 370. The van der Waals surface area contributed by atoms with Crippen LogP contribution in [0.5, 0.6) is 0 Å². The van der Waals surface area contributed by atoms with Crippen molar-refractivity contribution in [1.29, 1.82) is 0 Å². The minimum atomic E-state index is 0.207. The van der Waals surface area contributed by atoms with Gasteiger partial charge in [0.1, 0.15) is 18.0 Å². The summed E-state index contributed by atoms with van der Waals surface area (Å²) in [6.45, 7) is 10.4. The Morgan fingerprint density at radius 1 is 1.16 bits per heavy atom. The third kappa shape index (κ3) is 7.62. The summed E-state index contributed by atoms with van der Waals surface area (Å²) in [5.41, 5.74) is 6.04. The smallest absolute Gasteiger partial charge is 0.131 e. The second-order valence-corrected chi connectivity index (χ2v) is 6.22. The molecule has 0 aliphatic carbocycles. The summed E-state index contributed by atoms with van der Waals surface area (Å²) in [4.78, 5) is 8.41. The SMILES string of the molecule is CC(N)CCNc1cc(NCCC(C)(C)C)ncn1. The molecule has 19 heavy (non-hydrogen) atoms. The highest BCUT2D eigenvalue weighted by Crippen LogP contribution is 2.18. The number of nitrogens with one attached hydrogen (secondary N) is 2. The van der Waals surface area contributed by atoms with Crippen LogP contribution in [0, 0.1) is 5.41 Å². The summed E-state index contributed by atoms with van der Waals surface area (Å²) >= 11 is 0. The first-order valence-electron chi connectivity index (χ1n) is 6.92. The van der Waals surface area contributed by atoms with Gasteiger partial charge < -0.3 is 16.4 Å². The topological polar surface area (TPSA) is 75.9 Å². The summed E-state index contributed by atoms with van der Waals surface area (Å²) in [6.07, 6.45) is 3.61. The van der Waals surface area contributed by atoms with Gasteiger partial charge in [0, 0.05) is 25.2 Å². The largest absolute Gasteiger partial charge is 0.370 e. The summed E-state index contributed by atoms with van der Waals surface area (Å²) in [5.74, 6) is 1.71. The molecule has 1 aromatic heterocycles. The van der Waals surface area contributed by atoms with Crippen molar-refractivity contribution in [2.24, 2.45) is 11.1 Å². The van der Waals surface area contributed by atoms with Gasteiger partial charge in [-0.1, -0.05) is 20.8 Å². The van der Waals surface area contributed by atoms with Crippen LogP contribution in [0.15, 0.2) is 12.4 Å². The first-order valence-corrected chi connectivity index (χ1v) is 6.92. The van der Waals surface area contributed by atoms with Crippen molar-refractivity contribution in [1.82, 2.24) is 9.97 Å². The molecular formula is C14H27N5. The molecular weight excluding hydrogens is 238 g/mol. The van der Waals surface area contributed by atoms with E-state index in [0.717, 1.165) is 37.6 Å². The van der Waals surface area contributed by atoms with Crippen molar-refractivity contribution in [3.63, 3.8) is 0 Å². The van der Waals surface area contributed by atoms with Crippen LogP contribution in [0.25, 0.3) is 0 Å². The summed E-state index contributed by atoms with van der Waals surface area (Å²) < 4.78 is 0. The predicted octanol–water partition coefficient (Wildman–Crippen LogP) is 2.47. The van der Waals surface area contributed by atoms with E-state index in [0.29, 0.717) is 5.41 Å².